The molecule has 102 valence electrons. The maximum absolute atomic E-state index is 12.1. The van der Waals surface area contributed by atoms with Crippen LogP contribution in [0, 0.1) is 5.92 Å². The fourth-order valence-electron chi connectivity index (χ4n) is 2.03. The van der Waals surface area contributed by atoms with Crippen LogP contribution in [-0.4, -0.2) is 30.5 Å². The summed E-state index contributed by atoms with van der Waals surface area (Å²) in [5.41, 5.74) is 1.08. The third-order valence-electron chi connectivity index (χ3n) is 3.08. The van der Waals surface area contributed by atoms with Gasteiger partial charge >= 0.3 is 5.97 Å². The molecular formula is C14H17NO3S. The third-order valence-corrected chi connectivity index (χ3v) is 4.30. The quantitative estimate of drug-likeness (QED) is 0.864. The Balaban J connectivity index is 2.02. The Morgan fingerprint density at radius 2 is 2.26 bits per heavy atom. The van der Waals surface area contributed by atoms with E-state index in [2.05, 4.69) is 10.1 Å². The van der Waals surface area contributed by atoms with Crippen molar-refractivity contribution >= 4 is 29.3 Å². The van der Waals surface area contributed by atoms with Crippen molar-refractivity contribution in [2.24, 2.45) is 5.92 Å². The number of carbonyl (C=O) groups is 2. The predicted octanol–water partition coefficient (Wildman–Crippen LogP) is 2.55. The molecule has 0 radical (unpaired) electrons. The van der Waals surface area contributed by atoms with Crippen LogP contribution in [0.25, 0.3) is 0 Å². The zero-order valence-corrected chi connectivity index (χ0v) is 11.7. The van der Waals surface area contributed by atoms with Crippen LogP contribution in [0.1, 0.15) is 23.2 Å². The summed E-state index contributed by atoms with van der Waals surface area (Å²) in [7, 11) is 1.34. The van der Waals surface area contributed by atoms with E-state index in [9.17, 15) is 9.59 Å². The van der Waals surface area contributed by atoms with E-state index in [1.54, 1.807) is 24.3 Å². The van der Waals surface area contributed by atoms with Crippen molar-refractivity contribution in [2.75, 3.05) is 23.9 Å². The van der Waals surface area contributed by atoms with Gasteiger partial charge in [-0.2, -0.15) is 11.8 Å². The zero-order chi connectivity index (χ0) is 13.7. The Morgan fingerprint density at radius 1 is 1.42 bits per heavy atom. The summed E-state index contributed by atoms with van der Waals surface area (Å²) < 4.78 is 4.66. The Kier molecular flexibility index (Phi) is 4.85. The van der Waals surface area contributed by atoms with Crippen LogP contribution in [-0.2, 0) is 9.53 Å². The molecule has 1 aliphatic rings. The van der Waals surface area contributed by atoms with Gasteiger partial charge in [-0.15, -0.1) is 0 Å². The topological polar surface area (TPSA) is 55.4 Å². The fraction of sp³-hybridized carbons (Fsp3) is 0.429. The molecule has 1 N–H and O–H groups in total. The Bertz CT molecular complexity index is 470. The highest BCUT2D eigenvalue weighted by Gasteiger charge is 2.21. The van der Waals surface area contributed by atoms with Gasteiger partial charge in [-0.3, -0.25) is 4.79 Å². The van der Waals surface area contributed by atoms with Crippen LogP contribution in [0.2, 0.25) is 0 Å². The van der Waals surface area contributed by atoms with Gasteiger partial charge in [-0.05, 0) is 36.8 Å². The minimum atomic E-state index is -0.399. The highest BCUT2D eigenvalue weighted by Crippen LogP contribution is 2.24. The molecule has 1 unspecified atom stereocenters. The lowest BCUT2D eigenvalue weighted by molar-refractivity contribution is -0.119. The average Bonchev–Trinajstić information content (AvgIpc) is 2.47. The lowest BCUT2D eigenvalue weighted by atomic mass is 10.0. The second kappa shape index (κ2) is 6.61. The van der Waals surface area contributed by atoms with E-state index in [-0.39, 0.29) is 11.8 Å². The second-order valence-corrected chi connectivity index (χ2v) is 5.63. The number of hydrogen-bond donors (Lipinski definition) is 1. The van der Waals surface area contributed by atoms with Gasteiger partial charge in [0.15, 0.2) is 0 Å². The van der Waals surface area contributed by atoms with Gasteiger partial charge in [-0.25, -0.2) is 4.79 Å². The normalized spacial score (nSPS) is 18.7. The Morgan fingerprint density at radius 3 is 2.95 bits per heavy atom. The standard InChI is InChI=1S/C14H17NO3S/c1-18-14(17)10-4-2-6-12(8-10)15-13(16)11-5-3-7-19-9-11/h2,4,6,8,11H,3,5,7,9H2,1H3,(H,15,16). The Labute approximate surface area is 116 Å². The van der Waals surface area contributed by atoms with Gasteiger partial charge in [0, 0.05) is 17.4 Å². The number of benzene rings is 1. The molecule has 0 bridgehead atoms. The number of hydrogen-bond acceptors (Lipinski definition) is 4. The number of methoxy groups -OCH3 is 1. The van der Waals surface area contributed by atoms with E-state index in [1.165, 1.54) is 7.11 Å². The summed E-state index contributed by atoms with van der Waals surface area (Å²) in [6.07, 6.45) is 2.03. The van der Waals surface area contributed by atoms with E-state index in [0.29, 0.717) is 11.3 Å². The minimum absolute atomic E-state index is 0.0363. The molecule has 1 amide bonds. The summed E-state index contributed by atoms with van der Waals surface area (Å²) >= 11 is 1.82. The first-order valence-corrected chi connectivity index (χ1v) is 7.43. The molecule has 0 aliphatic carbocycles. The molecule has 1 aromatic carbocycles. The van der Waals surface area contributed by atoms with Crippen LogP contribution < -0.4 is 5.32 Å². The summed E-state index contributed by atoms with van der Waals surface area (Å²) in [5.74, 6) is 1.73. The molecule has 1 fully saturated rings. The van der Waals surface area contributed by atoms with E-state index in [1.807, 2.05) is 11.8 Å². The smallest absolute Gasteiger partial charge is 0.337 e. The van der Waals surface area contributed by atoms with Crippen molar-refractivity contribution in [1.82, 2.24) is 0 Å². The molecule has 2 rings (SSSR count). The molecule has 4 nitrogen and oxygen atoms in total. The second-order valence-electron chi connectivity index (χ2n) is 4.48. The molecule has 0 spiro atoms. The average molecular weight is 279 g/mol. The first-order chi connectivity index (χ1) is 9.20. The molecule has 1 heterocycles. The SMILES string of the molecule is COC(=O)c1cccc(NC(=O)C2CCCSC2)c1. The first kappa shape index (κ1) is 13.9. The fourth-order valence-corrected chi connectivity index (χ4v) is 3.17. The maximum atomic E-state index is 12.1. The van der Waals surface area contributed by atoms with Crippen molar-refractivity contribution in [3.05, 3.63) is 29.8 Å². The largest absolute Gasteiger partial charge is 0.465 e. The molecule has 1 atom stereocenters. The van der Waals surface area contributed by atoms with Gasteiger partial charge < -0.3 is 10.1 Å². The van der Waals surface area contributed by atoms with Crippen molar-refractivity contribution in [3.8, 4) is 0 Å². The van der Waals surface area contributed by atoms with Gasteiger partial charge in [0.1, 0.15) is 0 Å². The van der Waals surface area contributed by atoms with Crippen LogP contribution in [0.5, 0.6) is 0 Å². The molecule has 1 aliphatic heterocycles. The number of esters is 1. The Hall–Kier alpha value is -1.49. The van der Waals surface area contributed by atoms with Crippen molar-refractivity contribution in [3.63, 3.8) is 0 Å². The highest BCUT2D eigenvalue weighted by atomic mass is 32.2. The van der Waals surface area contributed by atoms with E-state index in [4.69, 9.17) is 0 Å². The van der Waals surface area contributed by atoms with Crippen molar-refractivity contribution < 1.29 is 14.3 Å². The lowest BCUT2D eigenvalue weighted by Gasteiger charge is -2.20. The summed E-state index contributed by atoms with van der Waals surface area (Å²) in [4.78, 5) is 23.5. The molecule has 1 aromatic rings. The first-order valence-electron chi connectivity index (χ1n) is 6.27. The number of ether oxygens (including phenoxy) is 1. The van der Waals surface area contributed by atoms with Gasteiger partial charge in [0.2, 0.25) is 5.91 Å². The number of rotatable bonds is 3. The monoisotopic (exact) mass is 279 g/mol. The number of amides is 1. The minimum Gasteiger partial charge on any atom is -0.465 e. The third kappa shape index (κ3) is 3.73. The van der Waals surface area contributed by atoms with Crippen molar-refractivity contribution in [1.29, 1.82) is 0 Å². The summed E-state index contributed by atoms with van der Waals surface area (Å²) in [6, 6.07) is 6.81. The van der Waals surface area contributed by atoms with Crippen molar-refractivity contribution in [2.45, 2.75) is 12.8 Å². The molecule has 5 heteroatoms. The highest BCUT2D eigenvalue weighted by molar-refractivity contribution is 7.99. The summed E-state index contributed by atoms with van der Waals surface area (Å²) in [6.45, 7) is 0. The lowest BCUT2D eigenvalue weighted by Crippen LogP contribution is -2.27. The number of nitrogens with one attached hydrogen (secondary N) is 1. The van der Waals surface area contributed by atoms with Crippen LogP contribution >= 0.6 is 11.8 Å². The van der Waals surface area contributed by atoms with Gasteiger partial charge in [0.05, 0.1) is 12.7 Å². The van der Waals surface area contributed by atoms with E-state index < -0.39 is 5.97 Å². The van der Waals surface area contributed by atoms with E-state index >= 15 is 0 Å². The molecule has 19 heavy (non-hydrogen) atoms. The van der Waals surface area contributed by atoms with Crippen LogP contribution in [0.15, 0.2) is 24.3 Å². The number of thioether (sulfide) groups is 1. The van der Waals surface area contributed by atoms with E-state index in [0.717, 1.165) is 24.3 Å². The number of carbonyl (C=O) groups excluding carboxylic acids is 2. The predicted molar refractivity (Wildman–Crippen MR) is 76.5 cm³/mol. The molecule has 1 saturated heterocycles. The van der Waals surface area contributed by atoms with Crippen LogP contribution in [0.4, 0.5) is 5.69 Å². The molecule has 0 aromatic heterocycles. The maximum Gasteiger partial charge on any atom is 0.337 e. The summed E-state index contributed by atoms with van der Waals surface area (Å²) in [5, 5.41) is 2.87. The number of anilines is 1. The van der Waals surface area contributed by atoms with Crippen LogP contribution in [0.3, 0.4) is 0 Å². The van der Waals surface area contributed by atoms with Gasteiger partial charge in [-0.1, -0.05) is 6.07 Å². The van der Waals surface area contributed by atoms with Gasteiger partial charge in [0.25, 0.3) is 0 Å². The molecule has 0 saturated carbocycles. The zero-order valence-electron chi connectivity index (χ0n) is 10.8. The molecular weight excluding hydrogens is 262 g/mol.